The van der Waals surface area contributed by atoms with Crippen molar-refractivity contribution in [3.63, 3.8) is 0 Å². The Kier molecular flexibility index (Phi) is 61.3. The average Bonchev–Trinajstić information content (AvgIpc) is 3.43. The van der Waals surface area contributed by atoms with Gasteiger partial charge in [-0.25, -0.2) is 0 Å². The van der Waals surface area contributed by atoms with Crippen molar-refractivity contribution in [3.05, 3.63) is 109 Å². The Bertz CT molecular complexity index is 1560. The van der Waals surface area contributed by atoms with Gasteiger partial charge >= 0.3 is 17.9 Å². The van der Waals surface area contributed by atoms with Crippen LogP contribution in [-0.4, -0.2) is 37.2 Å². The van der Waals surface area contributed by atoms with Crippen molar-refractivity contribution in [2.75, 3.05) is 13.2 Å². The van der Waals surface area contributed by atoms with E-state index in [1.165, 1.54) is 141 Å². The molecule has 0 aliphatic heterocycles. The molecule has 0 fully saturated rings. The molecule has 6 heteroatoms. The van der Waals surface area contributed by atoms with E-state index < -0.39 is 6.10 Å². The first-order valence-electron chi connectivity index (χ1n) is 32.4. The maximum absolute atomic E-state index is 12.9. The number of carbonyl (C=O) groups excluding carboxylic acids is 3. The summed E-state index contributed by atoms with van der Waals surface area (Å²) in [4.78, 5) is 38.3. The summed E-state index contributed by atoms with van der Waals surface area (Å²) < 4.78 is 16.9. The number of unbranched alkanes of at least 4 members (excludes halogenated alkanes) is 29. The molecule has 0 aromatic heterocycles. The van der Waals surface area contributed by atoms with Crippen LogP contribution >= 0.6 is 0 Å². The van der Waals surface area contributed by atoms with Crippen molar-refractivity contribution in [2.45, 2.75) is 309 Å². The van der Waals surface area contributed by atoms with Crippen LogP contribution in [0.5, 0.6) is 0 Å². The van der Waals surface area contributed by atoms with E-state index in [2.05, 4.69) is 130 Å². The molecule has 0 aliphatic rings. The maximum atomic E-state index is 12.9. The van der Waals surface area contributed by atoms with E-state index in [1.807, 2.05) is 0 Å². The third-order valence-electron chi connectivity index (χ3n) is 13.7. The fraction of sp³-hybridized carbons (Fsp3) is 0.704. The molecule has 0 bridgehead atoms. The minimum Gasteiger partial charge on any atom is -0.462 e. The standard InChI is InChI=1S/C71H120O6/c1-4-7-10-13-16-19-22-25-27-29-31-33-34-35-36-38-39-41-43-46-49-52-55-58-61-64-70(73)76-67-68(66-75-69(72)63-60-57-54-51-48-45-24-21-18-15-12-9-6-3)77-71(74)65-62-59-56-53-50-47-44-42-40-37-32-30-28-26-23-20-17-14-11-8-5-2/h9,12,18,21-23,25-26,29-32,34-35,40,42,45,48,68H,4-8,10-11,13-17,19-20,24,27-28,33,36-39,41,43-44,46-47,49-67H2,1-3H3/b12-9-,21-18-,25-22-,26-23-,31-29-,32-30-,35-34-,42-40-,48-45-. The van der Waals surface area contributed by atoms with Crippen molar-refractivity contribution in [1.82, 2.24) is 0 Å². The SMILES string of the molecule is CC/C=C\C/C=C\C/C=C\CCCCCC(=O)OCC(COC(=O)CCCCCCCCCCCC/C=C\C/C=C\C/C=C\CCCCCCC)OC(=O)CCCCCCCC/C=C\C/C=C\C/C=C\CCCCCCC. The number of carbonyl (C=O) groups is 3. The van der Waals surface area contributed by atoms with Crippen LogP contribution in [0.2, 0.25) is 0 Å². The Labute approximate surface area is 476 Å². The first kappa shape index (κ1) is 73.1. The zero-order chi connectivity index (χ0) is 55.7. The predicted molar refractivity (Wildman–Crippen MR) is 334 cm³/mol. The molecular weight excluding hydrogens is 949 g/mol. The van der Waals surface area contributed by atoms with Crippen molar-refractivity contribution >= 4 is 17.9 Å². The van der Waals surface area contributed by atoms with E-state index in [0.29, 0.717) is 19.3 Å². The molecule has 1 atom stereocenters. The molecule has 0 heterocycles. The highest BCUT2D eigenvalue weighted by Crippen LogP contribution is 2.15. The van der Waals surface area contributed by atoms with Crippen LogP contribution < -0.4 is 0 Å². The summed E-state index contributed by atoms with van der Waals surface area (Å²) in [5.41, 5.74) is 0. The topological polar surface area (TPSA) is 78.9 Å². The van der Waals surface area contributed by atoms with E-state index in [4.69, 9.17) is 14.2 Å². The molecule has 440 valence electrons. The molecule has 0 rings (SSSR count). The Morgan fingerprint density at radius 2 is 0.506 bits per heavy atom. The normalized spacial score (nSPS) is 12.8. The van der Waals surface area contributed by atoms with Gasteiger partial charge in [-0.3, -0.25) is 14.4 Å². The largest absolute Gasteiger partial charge is 0.462 e. The van der Waals surface area contributed by atoms with Gasteiger partial charge in [0.2, 0.25) is 0 Å². The molecule has 6 nitrogen and oxygen atoms in total. The van der Waals surface area contributed by atoms with Crippen LogP contribution in [0.15, 0.2) is 109 Å². The lowest BCUT2D eigenvalue weighted by molar-refractivity contribution is -0.167. The molecular formula is C71H120O6. The van der Waals surface area contributed by atoms with E-state index in [-0.39, 0.29) is 31.1 Å². The summed E-state index contributed by atoms with van der Waals surface area (Å²) in [7, 11) is 0. The summed E-state index contributed by atoms with van der Waals surface area (Å²) in [6, 6.07) is 0. The summed E-state index contributed by atoms with van der Waals surface area (Å²) >= 11 is 0. The minimum atomic E-state index is -0.802. The number of ether oxygens (including phenoxy) is 3. The molecule has 0 saturated heterocycles. The van der Waals surface area contributed by atoms with Crippen molar-refractivity contribution in [3.8, 4) is 0 Å². The summed E-state index contributed by atoms with van der Waals surface area (Å²) in [5, 5.41) is 0. The zero-order valence-electron chi connectivity index (χ0n) is 50.4. The molecule has 0 aromatic rings. The fourth-order valence-corrected chi connectivity index (χ4v) is 8.88. The highest BCUT2D eigenvalue weighted by molar-refractivity contribution is 5.71. The second kappa shape index (κ2) is 64.6. The molecule has 0 aromatic carbocycles. The second-order valence-electron chi connectivity index (χ2n) is 21.3. The van der Waals surface area contributed by atoms with Crippen LogP contribution in [0.1, 0.15) is 303 Å². The van der Waals surface area contributed by atoms with Gasteiger partial charge in [0.05, 0.1) is 0 Å². The third-order valence-corrected chi connectivity index (χ3v) is 13.7. The van der Waals surface area contributed by atoms with Gasteiger partial charge in [0, 0.05) is 19.3 Å². The lowest BCUT2D eigenvalue weighted by Crippen LogP contribution is -2.30. The van der Waals surface area contributed by atoms with Crippen LogP contribution in [0.4, 0.5) is 0 Å². The molecule has 0 radical (unpaired) electrons. The minimum absolute atomic E-state index is 0.0960. The monoisotopic (exact) mass is 1070 g/mol. The van der Waals surface area contributed by atoms with Gasteiger partial charge in [-0.15, -0.1) is 0 Å². The predicted octanol–water partition coefficient (Wildman–Crippen LogP) is 22.2. The zero-order valence-corrected chi connectivity index (χ0v) is 50.4. The van der Waals surface area contributed by atoms with Gasteiger partial charge < -0.3 is 14.2 Å². The number of allylic oxidation sites excluding steroid dienone is 18. The van der Waals surface area contributed by atoms with E-state index in [0.717, 1.165) is 122 Å². The Hall–Kier alpha value is -3.93. The van der Waals surface area contributed by atoms with Gasteiger partial charge in [-0.05, 0) is 128 Å². The molecule has 77 heavy (non-hydrogen) atoms. The Morgan fingerprint density at radius 1 is 0.273 bits per heavy atom. The fourth-order valence-electron chi connectivity index (χ4n) is 8.88. The Balaban J connectivity index is 4.38. The van der Waals surface area contributed by atoms with E-state index in [9.17, 15) is 14.4 Å². The van der Waals surface area contributed by atoms with Crippen LogP contribution in [0.3, 0.4) is 0 Å². The molecule has 0 spiro atoms. The first-order valence-corrected chi connectivity index (χ1v) is 32.4. The molecule has 0 saturated carbocycles. The second-order valence-corrected chi connectivity index (χ2v) is 21.3. The van der Waals surface area contributed by atoms with Crippen molar-refractivity contribution in [2.24, 2.45) is 0 Å². The van der Waals surface area contributed by atoms with Crippen LogP contribution in [-0.2, 0) is 28.6 Å². The van der Waals surface area contributed by atoms with Gasteiger partial charge in [0.1, 0.15) is 13.2 Å². The smallest absolute Gasteiger partial charge is 0.306 e. The van der Waals surface area contributed by atoms with Crippen LogP contribution in [0.25, 0.3) is 0 Å². The van der Waals surface area contributed by atoms with E-state index in [1.54, 1.807) is 0 Å². The van der Waals surface area contributed by atoms with Gasteiger partial charge in [-0.1, -0.05) is 265 Å². The highest BCUT2D eigenvalue weighted by Gasteiger charge is 2.19. The molecule has 0 amide bonds. The molecule has 0 aliphatic carbocycles. The summed E-state index contributed by atoms with van der Waals surface area (Å²) in [6.45, 7) is 6.48. The van der Waals surface area contributed by atoms with E-state index >= 15 is 0 Å². The number of rotatable bonds is 58. The lowest BCUT2D eigenvalue weighted by atomic mass is 10.1. The third kappa shape index (κ3) is 62.8. The number of hydrogen-bond acceptors (Lipinski definition) is 6. The molecule has 1 unspecified atom stereocenters. The number of hydrogen-bond donors (Lipinski definition) is 0. The summed E-state index contributed by atoms with van der Waals surface area (Å²) in [6.07, 6.45) is 88.1. The Morgan fingerprint density at radius 3 is 0.805 bits per heavy atom. The first-order chi connectivity index (χ1) is 38.0. The van der Waals surface area contributed by atoms with Crippen molar-refractivity contribution < 1.29 is 28.6 Å². The van der Waals surface area contributed by atoms with Crippen molar-refractivity contribution in [1.29, 1.82) is 0 Å². The lowest BCUT2D eigenvalue weighted by Gasteiger charge is -2.18. The maximum Gasteiger partial charge on any atom is 0.306 e. The van der Waals surface area contributed by atoms with Gasteiger partial charge in [0.15, 0.2) is 6.10 Å². The van der Waals surface area contributed by atoms with Gasteiger partial charge in [0.25, 0.3) is 0 Å². The highest BCUT2D eigenvalue weighted by atomic mass is 16.6. The summed E-state index contributed by atoms with van der Waals surface area (Å²) in [5.74, 6) is -0.937. The van der Waals surface area contributed by atoms with Crippen LogP contribution in [0, 0.1) is 0 Å². The quantitative estimate of drug-likeness (QED) is 0.0261. The molecule has 0 N–H and O–H groups in total. The van der Waals surface area contributed by atoms with Gasteiger partial charge in [-0.2, -0.15) is 0 Å². The average molecular weight is 1070 g/mol. The number of esters is 3.